The number of aromatic nitrogens is 2. The van der Waals surface area contributed by atoms with Crippen molar-refractivity contribution in [2.24, 2.45) is 5.92 Å². The van der Waals surface area contributed by atoms with Gasteiger partial charge in [-0.15, -0.1) is 11.3 Å². The molecule has 1 aliphatic rings. The first-order valence-corrected chi connectivity index (χ1v) is 9.60. The van der Waals surface area contributed by atoms with Crippen LogP contribution in [0.2, 0.25) is 5.02 Å². The molecule has 2 amide bonds. The molecule has 1 atom stereocenters. The highest BCUT2D eigenvalue weighted by molar-refractivity contribution is 7.14. The largest absolute Gasteiger partial charge is 0.310 e. The van der Waals surface area contributed by atoms with Crippen LogP contribution < -0.4 is 10.2 Å². The van der Waals surface area contributed by atoms with Crippen molar-refractivity contribution in [3.63, 3.8) is 0 Å². The zero-order valence-corrected chi connectivity index (χ0v) is 15.7. The fourth-order valence-corrected chi connectivity index (χ4v) is 3.90. The van der Waals surface area contributed by atoms with Crippen LogP contribution in [0.25, 0.3) is 11.4 Å². The first-order chi connectivity index (χ1) is 13.1. The number of hydrogen-bond donors (Lipinski definition) is 1. The van der Waals surface area contributed by atoms with Gasteiger partial charge >= 0.3 is 0 Å². The van der Waals surface area contributed by atoms with Gasteiger partial charge in [0.15, 0.2) is 5.13 Å². The molecule has 8 heteroatoms. The minimum absolute atomic E-state index is 0.114. The number of nitrogens with zero attached hydrogens (tertiary/aromatic N) is 3. The maximum absolute atomic E-state index is 12.6. The molecule has 4 rings (SSSR count). The zero-order valence-electron chi connectivity index (χ0n) is 14.1. The summed E-state index contributed by atoms with van der Waals surface area (Å²) in [5.74, 6) is -0.785. The van der Waals surface area contributed by atoms with Crippen molar-refractivity contribution in [1.29, 1.82) is 0 Å². The van der Waals surface area contributed by atoms with Crippen molar-refractivity contribution in [3.8, 4) is 11.4 Å². The summed E-state index contributed by atoms with van der Waals surface area (Å²) in [6.45, 7) is 0.298. The summed E-state index contributed by atoms with van der Waals surface area (Å²) in [7, 11) is 0. The van der Waals surface area contributed by atoms with Gasteiger partial charge in [-0.05, 0) is 24.3 Å². The van der Waals surface area contributed by atoms with Gasteiger partial charge in [-0.25, -0.2) is 4.98 Å². The SMILES string of the molecule is O=C(Nc1nc(-c2ccccn2)cs1)[C@H]1CC(=O)N(c2ccccc2Cl)C1. The lowest BCUT2D eigenvalue weighted by Crippen LogP contribution is -2.28. The number of rotatable bonds is 4. The van der Waals surface area contributed by atoms with Gasteiger partial charge in [0.05, 0.1) is 22.3 Å². The first kappa shape index (κ1) is 17.6. The van der Waals surface area contributed by atoms with E-state index >= 15 is 0 Å². The van der Waals surface area contributed by atoms with Crippen LogP contribution >= 0.6 is 22.9 Å². The van der Waals surface area contributed by atoms with E-state index in [9.17, 15) is 9.59 Å². The fourth-order valence-electron chi connectivity index (χ4n) is 2.96. The van der Waals surface area contributed by atoms with Crippen molar-refractivity contribution < 1.29 is 9.59 Å². The molecule has 0 bridgehead atoms. The summed E-state index contributed by atoms with van der Waals surface area (Å²) >= 11 is 7.51. The van der Waals surface area contributed by atoms with Gasteiger partial charge in [0.1, 0.15) is 5.69 Å². The summed E-state index contributed by atoms with van der Waals surface area (Å²) in [4.78, 5) is 35.2. The quantitative estimate of drug-likeness (QED) is 0.724. The van der Waals surface area contributed by atoms with E-state index < -0.39 is 5.92 Å². The van der Waals surface area contributed by atoms with Crippen LogP contribution in [0.5, 0.6) is 0 Å². The number of thiazole rings is 1. The Balaban J connectivity index is 1.45. The monoisotopic (exact) mass is 398 g/mol. The molecule has 0 saturated carbocycles. The summed E-state index contributed by atoms with van der Waals surface area (Å²) in [5, 5.41) is 5.63. The van der Waals surface area contributed by atoms with Gasteiger partial charge in [-0.1, -0.05) is 29.8 Å². The molecule has 1 aromatic carbocycles. The highest BCUT2D eigenvalue weighted by atomic mass is 35.5. The summed E-state index contributed by atoms with van der Waals surface area (Å²) < 4.78 is 0. The molecule has 6 nitrogen and oxygen atoms in total. The first-order valence-electron chi connectivity index (χ1n) is 8.34. The van der Waals surface area contributed by atoms with Crippen molar-refractivity contribution in [1.82, 2.24) is 9.97 Å². The molecule has 0 unspecified atom stereocenters. The minimum Gasteiger partial charge on any atom is -0.310 e. The Bertz CT molecular complexity index is 992. The molecule has 27 heavy (non-hydrogen) atoms. The number of hydrogen-bond acceptors (Lipinski definition) is 5. The molecule has 0 radical (unpaired) electrons. The van der Waals surface area contributed by atoms with Gasteiger partial charge in [0.2, 0.25) is 11.8 Å². The molecule has 136 valence electrons. The second-order valence-electron chi connectivity index (χ2n) is 6.10. The Kier molecular flexibility index (Phi) is 4.87. The van der Waals surface area contributed by atoms with E-state index in [0.717, 1.165) is 5.69 Å². The smallest absolute Gasteiger partial charge is 0.231 e. The van der Waals surface area contributed by atoms with Crippen LogP contribution in [0.4, 0.5) is 10.8 Å². The highest BCUT2D eigenvalue weighted by Crippen LogP contribution is 2.32. The van der Waals surface area contributed by atoms with E-state index in [1.54, 1.807) is 29.3 Å². The van der Waals surface area contributed by atoms with Gasteiger partial charge in [0, 0.05) is 24.5 Å². The highest BCUT2D eigenvalue weighted by Gasteiger charge is 2.36. The molecule has 1 saturated heterocycles. The second kappa shape index (κ2) is 7.46. The lowest BCUT2D eigenvalue weighted by Gasteiger charge is -2.17. The van der Waals surface area contributed by atoms with E-state index in [2.05, 4.69) is 15.3 Å². The lowest BCUT2D eigenvalue weighted by atomic mass is 10.1. The third-order valence-electron chi connectivity index (χ3n) is 4.30. The topological polar surface area (TPSA) is 75.2 Å². The van der Waals surface area contributed by atoms with Crippen LogP contribution in [-0.4, -0.2) is 28.3 Å². The van der Waals surface area contributed by atoms with Gasteiger partial charge in [-0.3, -0.25) is 14.6 Å². The number of halogens is 1. The van der Waals surface area contributed by atoms with E-state index in [1.807, 2.05) is 29.6 Å². The summed E-state index contributed by atoms with van der Waals surface area (Å²) in [6, 6.07) is 12.7. The number of anilines is 2. The normalized spacial score (nSPS) is 16.6. The van der Waals surface area contributed by atoms with Crippen LogP contribution in [0.15, 0.2) is 54.0 Å². The summed E-state index contributed by atoms with van der Waals surface area (Å²) in [5.41, 5.74) is 2.08. The average Bonchev–Trinajstić information content (AvgIpc) is 3.30. The minimum atomic E-state index is -0.448. The zero-order chi connectivity index (χ0) is 18.8. The molecule has 1 aliphatic heterocycles. The molecule has 0 aliphatic carbocycles. The number of amides is 2. The molecule has 0 spiro atoms. The average molecular weight is 399 g/mol. The van der Waals surface area contributed by atoms with Crippen molar-refractivity contribution in [2.45, 2.75) is 6.42 Å². The maximum atomic E-state index is 12.6. The second-order valence-corrected chi connectivity index (χ2v) is 7.36. The van der Waals surface area contributed by atoms with Crippen LogP contribution in [0.3, 0.4) is 0 Å². The van der Waals surface area contributed by atoms with E-state index in [1.165, 1.54) is 11.3 Å². The lowest BCUT2D eigenvalue weighted by molar-refractivity contribution is -0.122. The Morgan fingerprint density at radius 2 is 2.00 bits per heavy atom. The number of carbonyl (C=O) groups is 2. The number of benzene rings is 1. The summed E-state index contributed by atoms with van der Waals surface area (Å²) in [6.07, 6.45) is 1.84. The van der Waals surface area contributed by atoms with Crippen LogP contribution in [-0.2, 0) is 9.59 Å². The fraction of sp³-hybridized carbons (Fsp3) is 0.158. The van der Waals surface area contributed by atoms with Gasteiger partial charge in [-0.2, -0.15) is 0 Å². The van der Waals surface area contributed by atoms with E-state index in [-0.39, 0.29) is 18.2 Å². The molecule has 3 aromatic rings. The van der Waals surface area contributed by atoms with Crippen LogP contribution in [0.1, 0.15) is 6.42 Å². The molecular weight excluding hydrogens is 384 g/mol. The van der Waals surface area contributed by atoms with Crippen molar-refractivity contribution in [2.75, 3.05) is 16.8 Å². The standard InChI is InChI=1S/C19H15ClN4O2S/c20-13-5-1-2-7-16(13)24-10-12(9-17(24)25)18(26)23-19-22-15(11-27-19)14-6-3-4-8-21-14/h1-8,11-12H,9-10H2,(H,22,23,26)/t12-/m0/s1. The number of carbonyl (C=O) groups excluding carboxylic acids is 2. The molecule has 1 fully saturated rings. The number of nitrogens with one attached hydrogen (secondary N) is 1. The Labute approximate surface area is 164 Å². The predicted molar refractivity (Wildman–Crippen MR) is 106 cm³/mol. The Hall–Kier alpha value is -2.77. The number of pyridine rings is 1. The number of para-hydroxylation sites is 1. The van der Waals surface area contributed by atoms with Gasteiger partial charge in [0.25, 0.3) is 0 Å². The van der Waals surface area contributed by atoms with Gasteiger partial charge < -0.3 is 10.2 Å². The molecule has 1 N–H and O–H groups in total. The molecule has 2 aromatic heterocycles. The van der Waals surface area contributed by atoms with Crippen LogP contribution in [0, 0.1) is 5.92 Å². The maximum Gasteiger partial charge on any atom is 0.231 e. The predicted octanol–water partition coefficient (Wildman–Crippen LogP) is 3.85. The third-order valence-corrected chi connectivity index (χ3v) is 5.38. The molecular formula is C19H15ClN4O2S. The van der Waals surface area contributed by atoms with E-state index in [0.29, 0.717) is 28.1 Å². The van der Waals surface area contributed by atoms with Crippen molar-refractivity contribution >= 4 is 45.6 Å². The molecule has 3 heterocycles. The van der Waals surface area contributed by atoms with E-state index in [4.69, 9.17) is 11.6 Å². The Morgan fingerprint density at radius 1 is 1.19 bits per heavy atom. The Morgan fingerprint density at radius 3 is 2.78 bits per heavy atom. The van der Waals surface area contributed by atoms with Crippen molar-refractivity contribution in [3.05, 3.63) is 59.1 Å². The third kappa shape index (κ3) is 3.70.